The van der Waals surface area contributed by atoms with Gasteiger partial charge < -0.3 is 9.90 Å². The molecule has 0 amide bonds. The van der Waals surface area contributed by atoms with Gasteiger partial charge in [-0.2, -0.15) is 0 Å². The van der Waals surface area contributed by atoms with E-state index in [1.807, 2.05) is 6.07 Å². The summed E-state index contributed by atoms with van der Waals surface area (Å²) < 4.78 is 0. The molecule has 0 saturated carbocycles. The molecule has 124 valence electrons. The largest absolute Gasteiger partial charge is 0.544 e. The summed E-state index contributed by atoms with van der Waals surface area (Å²) in [6.07, 6.45) is 3.28. The molecule has 0 saturated heterocycles. The molecule has 3 aromatic rings. The maximum Gasteiger partial charge on any atom is 0.270 e. The average molecular weight is 351 g/mol. The predicted octanol–water partition coefficient (Wildman–Crippen LogP) is 3.25. The zero-order valence-corrected chi connectivity index (χ0v) is 13.6. The van der Waals surface area contributed by atoms with Crippen LogP contribution in [0.1, 0.15) is 20.2 Å². The number of aromatic carboxylic acids is 1. The highest BCUT2D eigenvalue weighted by molar-refractivity contribution is 7.14. The Bertz CT molecular complexity index is 964. The molecule has 1 aromatic heterocycles. The summed E-state index contributed by atoms with van der Waals surface area (Å²) in [4.78, 5) is 26.1. The minimum atomic E-state index is -1.29. The highest BCUT2D eigenvalue weighted by Gasteiger charge is 2.12. The second kappa shape index (κ2) is 7.06. The average Bonchev–Trinajstić information content (AvgIpc) is 3.06. The molecule has 0 atom stereocenters. The fourth-order valence-corrected chi connectivity index (χ4v) is 3.07. The number of aromatic nitrogens is 1. The second-order valence-corrected chi connectivity index (χ2v) is 6.10. The van der Waals surface area contributed by atoms with Gasteiger partial charge in [0.1, 0.15) is 5.01 Å². The summed E-state index contributed by atoms with van der Waals surface area (Å²) in [7, 11) is 0. The highest BCUT2D eigenvalue weighted by Crippen LogP contribution is 2.29. The zero-order valence-electron chi connectivity index (χ0n) is 12.8. The molecule has 2 aromatic carbocycles. The Morgan fingerprint density at radius 3 is 2.52 bits per heavy atom. The van der Waals surface area contributed by atoms with Gasteiger partial charge in [-0.15, -0.1) is 11.3 Å². The Labute approximate surface area is 146 Å². The second-order valence-electron chi connectivity index (χ2n) is 5.07. The molecule has 0 fully saturated rings. The number of carbonyl (C=O) groups excluding carboxylic acids is 1. The van der Waals surface area contributed by atoms with Crippen LogP contribution in [0.15, 0.2) is 54.6 Å². The molecule has 1 heterocycles. The van der Waals surface area contributed by atoms with Crippen molar-refractivity contribution < 1.29 is 14.8 Å². The standard InChI is InChI=1S/C18H12N2O4S/c21-18(22)17-16(13-6-2-1-3-7-13)19-15(25-17)10-9-12-5-4-8-14(11-12)20(23)24/h1-11H,(H,21,22)/p-1/b10-9+. The lowest BCUT2D eigenvalue weighted by Crippen LogP contribution is -2.21. The Balaban J connectivity index is 1.95. The topological polar surface area (TPSA) is 96.2 Å². The number of rotatable bonds is 5. The van der Waals surface area contributed by atoms with Crippen molar-refractivity contribution in [3.8, 4) is 11.3 Å². The summed E-state index contributed by atoms with van der Waals surface area (Å²) in [5, 5.41) is 22.6. The number of hydrogen-bond acceptors (Lipinski definition) is 6. The molecule has 0 aliphatic heterocycles. The molecule has 25 heavy (non-hydrogen) atoms. The normalized spacial score (nSPS) is 10.9. The first-order valence-corrected chi connectivity index (χ1v) is 8.06. The van der Waals surface area contributed by atoms with Crippen LogP contribution in [-0.4, -0.2) is 15.9 Å². The molecule has 0 unspecified atom stereocenters. The van der Waals surface area contributed by atoms with E-state index in [1.54, 1.807) is 48.6 Å². The number of nitro benzene ring substituents is 1. The van der Waals surface area contributed by atoms with Crippen molar-refractivity contribution in [3.63, 3.8) is 0 Å². The van der Waals surface area contributed by atoms with Crippen LogP contribution in [0.4, 0.5) is 5.69 Å². The van der Waals surface area contributed by atoms with Crippen LogP contribution in [0.5, 0.6) is 0 Å². The number of benzene rings is 2. The number of carbonyl (C=O) groups is 1. The molecule has 3 rings (SSSR count). The fourth-order valence-electron chi connectivity index (χ4n) is 2.25. The number of carboxylic acid groups (broad SMARTS) is 1. The monoisotopic (exact) mass is 351 g/mol. The van der Waals surface area contributed by atoms with Gasteiger partial charge in [0.05, 0.1) is 21.5 Å². The summed E-state index contributed by atoms with van der Waals surface area (Å²) in [5.41, 5.74) is 1.65. The van der Waals surface area contributed by atoms with Crippen molar-refractivity contribution in [2.75, 3.05) is 0 Å². The van der Waals surface area contributed by atoms with Crippen LogP contribution in [0.3, 0.4) is 0 Å². The van der Waals surface area contributed by atoms with Crippen molar-refractivity contribution in [1.82, 2.24) is 4.98 Å². The Morgan fingerprint density at radius 2 is 1.84 bits per heavy atom. The minimum Gasteiger partial charge on any atom is -0.544 e. The van der Waals surface area contributed by atoms with E-state index in [-0.39, 0.29) is 10.6 Å². The van der Waals surface area contributed by atoms with E-state index in [4.69, 9.17) is 0 Å². The number of nitro groups is 1. The first kappa shape index (κ1) is 16.5. The van der Waals surface area contributed by atoms with Gasteiger partial charge in [-0.25, -0.2) is 4.98 Å². The van der Waals surface area contributed by atoms with Crippen LogP contribution in [-0.2, 0) is 0 Å². The van der Waals surface area contributed by atoms with Crippen molar-refractivity contribution in [2.45, 2.75) is 0 Å². The Hall–Kier alpha value is -3.32. The Morgan fingerprint density at radius 1 is 1.08 bits per heavy atom. The van der Waals surface area contributed by atoms with E-state index in [1.165, 1.54) is 12.1 Å². The van der Waals surface area contributed by atoms with Crippen molar-refractivity contribution in [2.24, 2.45) is 0 Å². The lowest BCUT2D eigenvalue weighted by Gasteiger charge is -2.01. The molecule has 0 aliphatic rings. The van der Waals surface area contributed by atoms with E-state index in [2.05, 4.69) is 4.98 Å². The third-order valence-corrected chi connectivity index (χ3v) is 4.38. The number of carboxylic acids is 1. The SMILES string of the molecule is O=C([O-])c1sc(/C=C/c2cccc([N+](=O)[O-])c2)nc1-c1ccccc1. The van der Waals surface area contributed by atoms with E-state index >= 15 is 0 Å². The quantitative estimate of drug-likeness (QED) is 0.519. The maximum absolute atomic E-state index is 11.4. The fraction of sp³-hybridized carbons (Fsp3) is 0. The van der Waals surface area contributed by atoms with E-state index in [0.29, 0.717) is 21.8 Å². The predicted molar refractivity (Wildman–Crippen MR) is 93.9 cm³/mol. The smallest absolute Gasteiger partial charge is 0.270 e. The number of thiazole rings is 1. The van der Waals surface area contributed by atoms with Gasteiger partial charge in [0.25, 0.3) is 5.69 Å². The molecule has 6 nitrogen and oxygen atoms in total. The summed E-state index contributed by atoms with van der Waals surface area (Å²) in [5.74, 6) is -1.29. The minimum absolute atomic E-state index is 0.0123. The van der Waals surface area contributed by atoms with Crippen molar-refractivity contribution in [1.29, 1.82) is 0 Å². The van der Waals surface area contributed by atoms with E-state index in [0.717, 1.165) is 11.3 Å². The highest BCUT2D eigenvalue weighted by atomic mass is 32.1. The van der Waals surface area contributed by atoms with E-state index < -0.39 is 10.9 Å². The molecular formula is C18H11N2O4S-. The third kappa shape index (κ3) is 3.78. The van der Waals surface area contributed by atoms with Gasteiger partial charge in [-0.1, -0.05) is 48.5 Å². The first-order valence-electron chi connectivity index (χ1n) is 7.25. The zero-order chi connectivity index (χ0) is 17.8. The maximum atomic E-state index is 11.4. The molecule has 0 bridgehead atoms. The van der Waals surface area contributed by atoms with Crippen LogP contribution in [0, 0.1) is 10.1 Å². The molecule has 0 spiro atoms. The van der Waals surface area contributed by atoms with Crippen LogP contribution in [0.2, 0.25) is 0 Å². The molecule has 0 N–H and O–H groups in total. The molecule has 0 aliphatic carbocycles. The van der Waals surface area contributed by atoms with E-state index in [9.17, 15) is 20.0 Å². The first-order chi connectivity index (χ1) is 12.0. The summed E-state index contributed by atoms with van der Waals surface area (Å²) in [6, 6.07) is 15.1. The lowest BCUT2D eigenvalue weighted by atomic mass is 10.1. The van der Waals surface area contributed by atoms with Crippen molar-refractivity contribution in [3.05, 3.63) is 80.2 Å². The van der Waals surface area contributed by atoms with Crippen LogP contribution in [0.25, 0.3) is 23.4 Å². The van der Waals surface area contributed by atoms with Gasteiger partial charge in [-0.3, -0.25) is 10.1 Å². The summed E-state index contributed by atoms with van der Waals surface area (Å²) >= 11 is 0.998. The number of hydrogen-bond donors (Lipinski definition) is 0. The van der Waals surface area contributed by atoms with Crippen LogP contribution < -0.4 is 5.11 Å². The van der Waals surface area contributed by atoms with Gasteiger partial charge in [-0.05, 0) is 11.6 Å². The summed E-state index contributed by atoms with van der Waals surface area (Å²) in [6.45, 7) is 0. The van der Waals surface area contributed by atoms with Gasteiger partial charge >= 0.3 is 0 Å². The Kier molecular flexibility index (Phi) is 4.67. The van der Waals surface area contributed by atoms with Gasteiger partial charge in [0, 0.05) is 17.7 Å². The molecule has 7 heteroatoms. The third-order valence-electron chi connectivity index (χ3n) is 3.38. The van der Waals surface area contributed by atoms with Gasteiger partial charge in [0.2, 0.25) is 0 Å². The van der Waals surface area contributed by atoms with Crippen molar-refractivity contribution >= 4 is 35.1 Å². The number of non-ortho nitro benzene ring substituents is 1. The van der Waals surface area contributed by atoms with Crippen LogP contribution >= 0.6 is 11.3 Å². The molecular weight excluding hydrogens is 340 g/mol. The molecule has 0 radical (unpaired) electrons. The van der Waals surface area contributed by atoms with Gasteiger partial charge in [0.15, 0.2) is 0 Å². The lowest BCUT2D eigenvalue weighted by molar-refractivity contribution is -0.384. The number of nitrogens with zero attached hydrogens (tertiary/aromatic N) is 2.